The summed E-state index contributed by atoms with van der Waals surface area (Å²) in [5, 5.41) is 3.17. The number of rotatable bonds is 7. The second kappa shape index (κ2) is 7.56. The molecule has 0 saturated heterocycles. The molecule has 2 N–H and O–H groups in total. The number of ether oxygens (including phenoxy) is 2. The molecular formula is C15H19N3O3. The lowest BCUT2D eigenvalue weighted by Crippen LogP contribution is -2.21. The molecule has 6 nitrogen and oxygen atoms in total. The number of aromatic nitrogens is 2. The molecule has 2 rings (SSSR count). The van der Waals surface area contributed by atoms with Crippen LogP contribution in [0.25, 0.3) is 11.4 Å². The maximum absolute atomic E-state index is 11.7. The van der Waals surface area contributed by atoms with Gasteiger partial charge in [0.25, 0.3) is 5.56 Å². The molecule has 2 aromatic rings. The Bertz CT molecular complexity index is 640. The van der Waals surface area contributed by atoms with E-state index < -0.39 is 0 Å². The van der Waals surface area contributed by atoms with E-state index in [1.165, 1.54) is 6.07 Å². The highest BCUT2D eigenvalue weighted by molar-refractivity contribution is 5.57. The summed E-state index contributed by atoms with van der Waals surface area (Å²) in [5.41, 5.74) is 1.32. The average Bonchev–Trinajstić information content (AvgIpc) is 2.51. The first-order valence-electron chi connectivity index (χ1n) is 6.67. The number of hydrogen-bond donors (Lipinski definition) is 2. The van der Waals surface area contributed by atoms with E-state index in [0.717, 1.165) is 11.3 Å². The Hall–Kier alpha value is -2.18. The van der Waals surface area contributed by atoms with Gasteiger partial charge in [-0.3, -0.25) is 4.79 Å². The van der Waals surface area contributed by atoms with E-state index in [1.807, 2.05) is 24.3 Å². The minimum absolute atomic E-state index is 0.175. The van der Waals surface area contributed by atoms with Gasteiger partial charge in [-0.15, -0.1) is 0 Å². The fraction of sp³-hybridized carbons (Fsp3) is 0.333. The van der Waals surface area contributed by atoms with Crippen LogP contribution in [0.2, 0.25) is 0 Å². The fourth-order valence-electron chi connectivity index (χ4n) is 1.90. The lowest BCUT2D eigenvalue weighted by molar-refractivity contribution is 0.199. The second-order valence-corrected chi connectivity index (χ2v) is 4.49. The lowest BCUT2D eigenvalue weighted by Gasteiger charge is -2.07. The smallest absolute Gasteiger partial charge is 0.251 e. The van der Waals surface area contributed by atoms with Gasteiger partial charge in [-0.1, -0.05) is 12.1 Å². The summed E-state index contributed by atoms with van der Waals surface area (Å²) >= 11 is 0. The number of hydrogen-bond acceptors (Lipinski definition) is 5. The van der Waals surface area contributed by atoms with Crippen molar-refractivity contribution in [2.75, 3.05) is 27.4 Å². The van der Waals surface area contributed by atoms with Crippen molar-refractivity contribution in [3.8, 4) is 17.1 Å². The molecule has 0 saturated carbocycles. The molecule has 0 atom stereocenters. The van der Waals surface area contributed by atoms with Crippen LogP contribution in [0.15, 0.2) is 35.1 Å². The van der Waals surface area contributed by atoms with Crippen LogP contribution in [-0.4, -0.2) is 37.3 Å². The van der Waals surface area contributed by atoms with Crippen molar-refractivity contribution in [1.29, 1.82) is 0 Å². The average molecular weight is 289 g/mol. The third-order valence-corrected chi connectivity index (χ3v) is 2.93. The third kappa shape index (κ3) is 4.40. The molecule has 1 aromatic heterocycles. The van der Waals surface area contributed by atoms with Gasteiger partial charge in [0, 0.05) is 31.8 Å². The van der Waals surface area contributed by atoms with E-state index in [0.29, 0.717) is 31.2 Å². The molecule has 6 heteroatoms. The zero-order valence-corrected chi connectivity index (χ0v) is 12.2. The van der Waals surface area contributed by atoms with Crippen molar-refractivity contribution in [2.24, 2.45) is 0 Å². The van der Waals surface area contributed by atoms with E-state index in [4.69, 9.17) is 9.47 Å². The van der Waals surface area contributed by atoms with Crippen LogP contribution >= 0.6 is 0 Å². The van der Waals surface area contributed by atoms with Crippen LogP contribution in [0.5, 0.6) is 5.75 Å². The molecule has 1 heterocycles. The van der Waals surface area contributed by atoms with Crippen molar-refractivity contribution in [3.63, 3.8) is 0 Å². The van der Waals surface area contributed by atoms with Gasteiger partial charge >= 0.3 is 0 Å². The highest BCUT2D eigenvalue weighted by Gasteiger charge is 2.05. The number of benzene rings is 1. The Morgan fingerprint density at radius 3 is 2.90 bits per heavy atom. The van der Waals surface area contributed by atoms with Gasteiger partial charge in [-0.05, 0) is 12.1 Å². The SMILES string of the molecule is COCCNCc1cc(=O)[nH]c(-c2cccc(OC)c2)n1. The molecule has 0 amide bonds. The second-order valence-electron chi connectivity index (χ2n) is 4.49. The zero-order chi connectivity index (χ0) is 15.1. The summed E-state index contributed by atoms with van der Waals surface area (Å²) in [4.78, 5) is 19.0. The van der Waals surface area contributed by atoms with Crippen LogP contribution in [0.3, 0.4) is 0 Å². The predicted molar refractivity (Wildman–Crippen MR) is 80.4 cm³/mol. The van der Waals surface area contributed by atoms with Gasteiger partial charge in [0.05, 0.1) is 19.4 Å². The third-order valence-electron chi connectivity index (χ3n) is 2.93. The van der Waals surface area contributed by atoms with E-state index in [1.54, 1.807) is 14.2 Å². The molecular weight excluding hydrogens is 270 g/mol. The first-order chi connectivity index (χ1) is 10.2. The molecule has 0 aliphatic heterocycles. The Labute approximate surface area is 123 Å². The summed E-state index contributed by atoms with van der Waals surface area (Å²) in [6, 6.07) is 8.91. The van der Waals surface area contributed by atoms with Gasteiger partial charge in [0.15, 0.2) is 0 Å². The fourth-order valence-corrected chi connectivity index (χ4v) is 1.90. The maximum Gasteiger partial charge on any atom is 0.251 e. The molecule has 0 fully saturated rings. The van der Waals surface area contributed by atoms with Crippen molar-refractivity contribution in [3.05, 3.63) is 46.4 Å². The van der Waals surface area contributed by atoms with Crippen molar-refractivity contribution in [1.82, 2.24) is 15.3 Å². The standard InChI is InChI=1S/C15H19N3O3/c1-20-7-6-16-10-12-9-14(19)18-15(17-12)11-4-3-5-13(8-11)21-2/h3-5,8-9,16H,6-7,10H2,1-2H3,(H,17,18,19). The summed E-state index contributed by atoms with van der Waals surface area (Å²) in [6.07, 6.45) is 0. The van der Waals surface area contributed by atoms with Crippen LogP contribution in [0.4, 0.5) is 0 Å². The van der Waals surface area contributed by atoms with Gasteiger partial charge in [-0.2, -0.15) is 0 Å². The largest absolute Gasteiger partial charge is 0.497 e. The van der Waals surface area contributed by atoms with Crippen LogP contribution in [-0.2, 0) is 11.3 Å². The number of H-pyrrole nitrogens is 1. The molecule has 21 heavy (non-hydrogen) atoms. The molecule has 0 aliphatic carbocycles. The molecule has 0 unspecified atom stereocenters. The zero-order valence-electron chi connectivity index (χ0n) is 12.2. The van der Waals surface area contributed by atoms with E-state index >= 15 is 0 Å². The number of nitrogens with one attached hydrogen (secondary N) is 2. The Morgan fingerprint density at radius 1 is 1.29 bits per heavy atom. The first-order valence-corrected chi connectivity index (χ1v) is 6.67. The molecule has 0 aliphatic rings. The van der Waals surface area contributed by atoms with Crippen LogP contribution in [0.1, 0.15) is 5.69 Å². The summed E-state index contributed by atoms with van der Waals surface area (Å²) < 4.78 is 10.1. The molecule has 0 spiro atoms. The summed E-state index contributed by atoms with van der Waals surface area (Å²) in [5.74, 6) is 1.25. The van der Waals surface area contributed by atoms with Crippen molar-refractivity contribution >= 4 is 0 Å². The van der Waals surface area contributed by atoms with Crippen LogP contribution in [0, 0.1) is 0 Å². The molecule has 112 valence electrons. The first kappa shape index (κ1) is 15.2. The minimum Gasteiger partial charge on any atom is -0.497 e. The van der Waals surface area contributed by atoms with Crippen molar-refractivity contribution < 1.29 is 9.47 Å². The number of nitrogens with zero attached hydrogens (tertiary/aromatic N) is 1. The minimum atomic E-state index is -0.175. The van der Waals surface area contributed by atoms with E-state index in [9.17, 15) is 4.79 Å². The van der Waals surface area contributed by atoms with E-state index in [2.05, 4.69) is 15.3 Å². The number of aromatic amines is 1. The molecule has 1 aromatic carbocycles. The van der Waals surface area contributed by atoms with Crippen molar-refractivity contribution in [2.45, 2.75) is 6.54 Å². The topological polar surface area (TPSA) is 76.2 Å². The monoisotopic (exact) mass is 289 g/mol. The normalized spacial score (nSPS) is 10.6. The Balaban J connectivity index is 2.19. The number of methoxy groups -OCH3 is 2. The maximum atomic E-state index is 11.7. The highest BCUT2D eigenvalue weighted by Crippen LogP contribution is 2.19. The summed E-state index contributed by atoms with van der Waals surface area (Å²) in [6.45, 7) is 1.84. The molecule has 0 radical (unpaired) electrons. The lowest BCUT2D eigenvalue weighted by atomic mass is 10.2. The van der Waals surface area contributed by atoms with Gasteiger partial charge in [-0.25, -0.2) is 4.98 Å². The van der Waals surface area contributed by atoms with Gasteiger partial charge in [0.1, 0.15) is 11.6 Å². The summed E-state index contributed by atoms with van der Waals surface area (Å²) in [7, 11) is 3.25. The Morgan fingerprint density at radius 2 is 2.14 bits per heavy atom. The van der Waals surface area contributed by atoms with Crippen LogP contribution < -0.4 is 15.6 Å². The van der Waals surface area contributed by atoms with Gasteiger partial charge in [0.2, 0.25) is 0 Å². The highest BCUT2D eigenvalue weighted by atomic mass is 16.5. The Kier molecular flexibility index (Phi) is 5.48. The molecule has 0 bridgehead atoms. The predicted octanol–water partition coefficient (Wildman–Crippen LogP) is 1.18. The van der Waals surface area contributed by atoms with E-state index in [-0.39, 0.29) is 5.56 Å². The van der Waals surface area contributed by atoms with Gasteiger partial charge < -0.3 is 19.8 Å². The quantitative estimate of drug-likeness (QED) is 0.749.